The molecule has 0 aliphatic rings. The van der Waals surface area contributed by atoms with Crippen molar-refractivity contribution in [3.63, 3.8) is 0 Å². The normalized spacial score (nSPS) is 12.0. The number of benzene rings is 1. The molecule has 0 N–H and O–H groups in total. The predicted octanol–water partition coefficient (Wildman–Crippen LogP) is 7.41. The lowest BCUT2D eigenvalue weighted by molar-refractivity contribution is 0.302. The van der Waals surface area contributed by atoms with Gasteiger partial charge in [0, 0.05) is 0 Å². The zero-order valence-corrected chi connectivity index (χ0v) is 20.3. The average Bonchev–Trinajstić information content (AvgIpc) is 3.21. The molecule has 1 aromatic carbocycles. The Labute approximate surface area is 189 Å². The highest BCUT2D eigenvalue weighted by Crippen LogP contribution is 2.16. The van der Waals surface area contributed by atoms with Gasteiger partial charge < -0.3 is 0 Å². The Morgan fingerprint density at radius 3 is 1.77 bits per heavy atom. The fourth-order valence-corrected chi connectivity index (χ4v) is 4.99. The molecule has 0 unspecified atom stereocenters. The summed E-state index contributed by atoms with van der Waals surface area (Å²) in [4.78, 5) is 4.12. The van der Waals surface area contributed by atoms with E-state index in [1.54, 1.807) is 18.2 Å². The molecule has 0 saturated heterocycles. The van der Waals surface area contributed by atoms with E-state index in [0.29, 0.717) is 11.0 Å². The van der Waals surface area contributed by atoms with Crippen LogP contribution in [0.5, 0.6) is 0 Å². The van der Waals surface area contributed by atoms with Crippen molar-refractivity contribution in [2.75, 3.05) is 6.61 Å². The van der Waals surface area contributed by atoms with Crippen LogP contribution in [0, 0.1) is 0 Å². The standard InChI is InChI=1S/C25H42N2O3S/c1-2-3-4-5-6-7-8-9-10-11-12-13-14-15-16-19-22-30-31(28,29)27-23-26-24-20-17-18-21-25(24)27/h17-18,20-21,23H,2-16,19,22H2,1H3. The second kappa shape index (κ2) is 15.4. The molecule has 2 aromatic rings. The van der Waals surface area contributed by atoms with E-state index in [0.717, 1.165) is 23.2 Å². The molecule has 6 heteroatoms. The zero-order valence-electron chi connectivity index (χ0n) is 19.4. The van der Waals surface area contributed by atoms with Gasteiger partial charge in [-0.05, 0) is 18.6 Å². The van der Waals surface area contributed by atoms with Gasteiger partial charge in [-0.15, -0.1) is 0 Å². The lowest BCUT2D eigenvalue weighted by Crippen LogP contribution is -2.15. The minimum Gasteiger partial charge on any atom is -0.253 e. The molecule has 0 amide bonds. The van der Waals surface area contributed by atoms with Gasteiger partial charge in [0.15, 0.2) is 0 Å². The number of hydrogen-bond donors (Lipinski definition) is 0. The van der Waals surface area contributed by atoms with Gasteiger partial charge in [0.2, 0.25) is 0 Å². The van der Waals surface area contributed by atoms with Crippen LogP contribution in [0.1, 0.15) is 110 Å². The molecule has 1 heterocycles. The van der Waals surface area contributed by atoms with Crippen molar-refractivity contribution < 1.29 is 12.6 Å². The second-order valence-electron chi connectivity index (χ2n) is 8.61. The molecule has 31 heavy (non-hydrogen) atoms. The first-order valence-electron chi connectivity index (χ1n) is 12.5. The molecule has 0 radical (unpaired) electrons. The molecule has 0 aliphatic heterocycles. The summed E-state index contributed by atoms with van der Waals surface area (Å²) in [5.74, 6) is 0. The Morgan fingerprint density at radius 2 is 1.23 bits per heavy atom. The number of imidazole rings is 1. The van der Waals surface area contributed by atoms with Crippen molar-refractivity contribution >= 4 is 21.3 Å². The minimum atomic E-state index is -3.81. The lowest BCUT2D eigenvalue weighted by atomic mass is 10.0. The summed E-state index contributed by atoms with van der Waals surface area (Å²) in [5, 5.41) is 0. The Bertz CT molecular complexity index is 817. The highest BCUT2D eigenvalue weighted by atomic mass is 32.2. The van der Waals surface area contributed by atoms with Gasteiger partial charge in [0.25, 0.3) is 0 Å². The maximum atomic E-state index is 12.4. The number of rotatable bonds is 19. The van der Waals surface area contributed by atoms with Crippen molar-refractivity contribution in [1.29, 1.82) is 0 Å². The minimum absolute atomic E-state index is 0.229. The van der Waals surface area contributed by atoms with Gasteiger partial charge in [-0.3, -0.25) is 4.18 Å². The first kappa shape index (κ1) is 25.9. The fourth-order valence-electron chi connectivity index (χ4n) is 3.99. The van der Waals surface area contributed by atoms with E-state index < -0.39 is 10.3 Å². The number of fused-ring (bicyclic) bond motifs is 1. The van der Waals surface area contributed by atoms with Crippen LogP contribution in [0.15, 0.2) is 30.6 Å². The molecule has 2 rings (SSSR count). The van der Waals surface area contributed by atoms with E-state index >= 15 is 0 Å². The molecule has 176 valence electrons. The molecule has 0 spiro atoms. The molecule has 0 atom stereocenters. The van der Waals surface area contributed by atoms with Crippen LogP contribution in [0.25, 0.3) is 11.0 Å². The maximum absolute atomic E-state index is 12.4. The summed E-state index contributed by atoms with van der Waals surface area (Å²) < 4.78 is 31.1. The quantitative estimate of drug-likeness (QED) is 0.209. The molecule has 0 aliphatic carbocycles. The number of unbranched alkanes of at least 4 members (excludes halogenated alkanes) is 15. The average molecular weight is 451 g/mol. The summed E-state index contributed by atoms with van der Waals surface area (Å²) in [6.07, 6.45) is 22.0. The van der Waals surface area contributed by atoms with Crippen molar-refractivity contribution in [1.82, 2.24) is 8.96 Å². The number of nitrogens with zero attached hydrogens (tertiary/aromatic N) is 2. The van der Waals surface area contributed by atoms with Crippen molar-refractivity contribution in [2.45, 2.75) is 110 Å². The lowest BCUT2D eigenvalue weighted by Gasteiger charge is -2.07. The maximum Gasteiger partial charge on any atom is 0.367 e. The van der Waals surface area contributed by atoms with Crippen LogP contribution < -0.4 is 0 Å². The van der Waals surface area contributed by atoms with Gasteiger partial charge in [-0.2, -0.15) is 8.42 Å². The number of aromatic nitrogens is 2. The monoisotopic (exact) mass is 450 g/mol. The molecule has 1 aromatic heterocycles. The van der Waals surface area contributed by atoms with Crippen LogP contribution in [0.4, 0.5) is 0 Å². The van der Waals surface area contributed by atoms with Crippen molar-refractivity contribution in [2.24, 2.45) is 0 Å². The van der Waals surface area contributed by atoms with Crippen LogP contribution in [-0.2, 0) is 14.5 Å². The Hall–Kier alpha value is -1.40. The van der Waals surface area contributed by atoms with Gasteiger partial charge in [-0.25, -0.2) is 8.96 Å². The van der Waals surface area contributed by atoms with E-state index in [2.05, 4.69) is 11.9 Å². The second-order valence-corrected chi connectivity index (χ2v) is 10.1. The van der Waals surface area contributed by atoms with Crippen LogP contribution >= 0.6 is 0 Å². The molecular formula is C25H42N2O3S. The fraction of sp³-hybridized carbons (Fsp3) is 0.720. The zero-order chi connectivity index (χ0) is 22.2. The van der Waals surface area contributed by atoms with Crippen molar-refractivity contribution in [3.8, 4) is 0 Å². The van der Waals surface area contributed by atoms with Gasteiger partial charge in [0.05, 0.1) is 17.6 Å². The first-order valence-corrected chi connectivity index (χ1v) is 13.8. The molecule has 0 bridgehead atoms. The highest BCUT2D eigenvalue weighted by Gasteiger charge is 2.16. The summed E-state index contributed by atoms with van der Waals surface area (Å²) in [6, 6.07) is 7.16. The molecule has 0 saturated carbocycles. The summed E-state index contributed by atoms with van der Waals surface area (Å²) in [5.41, 5.74) is 1.20. The Kier molecular flexibility index (Phi) is 12.9. The molecule has 0 fully saturated rings. The largest absolute Gasteiger partial charge is 0.367 e. The van der Waals surface area contributed by atoms with E-state index in [1.807, 2.05) is 6.07 Å². The molecule has 5 nitrogen and oxygen atoms in total. The van der Waals surface area contributed by atoms with Crippen LogP contribution in [0.2, 0.25) is 0 Å². The number of para-hydroxylation sites is 2. The third kappa shape index (κ3) is 10.2. The summed E-state index contributed by atoms with van der Waals surface area (Å²) in [7, 11) is -3.81. The topological polar surface area (TPSA) is 61.2 Å². The van der Waals surface area contributed by atoms with Gasteiger partial charge in [0.1, 0.15) is 6.33 Å². The van der Waals surface area contributed by atoms with E-state index in [4.69, 9.17) is 4.18 Å². The SMILES string of the molecule is CCCCCCCCCCCCCCCCCCOS(=O)(=O)n1cnc2ccccc21. The van der Waals surface area contributed by atoms with E-state index in [1.165, 1.54) is 89.8 Å². The van der Waals surface area contributed by atoms with Gasteiger partial charge >= 0.3 is 10.3 Å². The van der Waals surface area contributed by atoms with E-state index in [9.17, 15) is 8.42 Å². The number of hydrogen-bond acceptors (Lipinski definition) is 4. The highest BCUT2D eigenvalue weighted by molar-refractivity contribution is 7.85. The van der Waals surface area contributed by atoms with Gasteiger partial charge in [-0.1, -0.05) is 115 Å². The third-order valence-electron chi connectivity index (χ3n) is 5.89. The van der Waals surface area contributed by atoms with Crippen molar-refractivity contribution in [3.05, 3.63) is 30.6 Å². The van der Waals surface area contributed by atoms with Crippen LogP contribution in [-0.4, -0.2) is 24.0 Å². The summed E-state index contributed by atoms with van der Waals surface area (Å²) in [6.45, 7) is 2.50. The van der Waals surface area contributed by atoms with Crippen LogP contribution in [0.3, 0.4) is 0 Å². The Morgan fingerprint density at radius 1 is 0.742 bits per heavy atom. The Balaban J connectivity index is 1.41. The molecular weight excluding hydrogens is 408 g/mol. The first-order chi connectivity index (χ1) is 15.1. The predicted molar refractivity (Wildman–Crippen MR) is 130 cm³/mol. The third-order valence-corrected chi connectivity index (χ3v) is 7.13. The summed E-state index contributed by atoms with van der Waals surface area (Å²) >= 11 is 0. The van der Waals surface area contributed by atoms with E-state index in [-0.39, 0.29) is 6.61 Å². The smallest absolute Gasteiger partial charge is 0.253 e.